The van der Waals surface area contributed by atoms with E-state index in [1.807, 2.05) is 19.1 Å². The molecule has 166 valence electrons. The van der Waals surface area contributed by atoms with Crippen LogP contribution in [0.25, 0.3) is 0 Å². The average Bonchev–Trinajstić information content (AvgIpc) is 3.26. The molecule has 0 saturated carbocycles. The van der Waals surface area contributed by atoms with Gasteiger partial charge in [0, 0.05) is 26.1 Å². The van der Waals surface area contributed by atoms with Crippen LogP contribution in [0.2, 0.25) is 0 Å². The van der Waals surface area contributed by atoms with E-state index in [4.69, 9.17) is 0 Å². The molecule has 0 unspecified atom stereocenters. The summed E-state index contributed by atoms with van der Waals surface area (Å²) in [5, 5.41) is 2.82. The second-order valence-corrected chi connectivity index (χ2v) is 9.73. The van der Waals surface area contributed by atoms with Gasteiger partial charge >= 0.3 is 0 Å². The van der Waals surface area contributed by atoms with Gasteiger partial charge in [0.2, 0.25) is 15.9 Å². The van der Waals surface area contributed by atoms with Crippen LogP contribution in [0.5, 0.6) is 0 Å². The second kappa shape index (κ2) is 9.96. The number of rotatable bonds is 8. The topological polar surface area (TPSA) is 86.8 Å². The zero-order valence-electron chi connectivity index (χ0n) is 18.0. The van der Waals surface area contributed by atoms with Gasteiger partial charge in [0.1, 0.15) is 0 Å². The summed E-state index contributed by atoms with van der Waals surface area (Å²) >= 11 is 0. The van der Waals surface area contributed by atoms with Crippen LogP contribution in [0.15, 0.2) is 48.5 Å². The standard InChI is InChI=1S/C23H29N3O4S/c1-18-10-3-6-13-21(18)26(31(2,29)30)17-9-14-22(27)24-20-12-5-4-11-19(20)23(28)25-15-7-8-16-25/h3-6,10-13H,7-9,14-17H2,1-2H3,(H,24,27). The Hall–Kier alpha value is -2.87. The van der Waals surface area contributed by atoms with Crippen molar-refractivity contribution in [2.75, 3.05) is 35.5 Å². The van der Waals surface area contributed by atoms with Crippen LogP contribution in [-0.2, 0) is 14.8 Å². The molecule has 1 aliphatic heterocycles. The van der Waals surface area contributed by atoms with Crippen molar-refractivity contribution in [1.29, 1.82) is 0 Å². The van der Waals surface area contributed by atoms with Gasteiger partial charge in [-0.1, -0.05) is 30.3 Å². The molecule has 2 aromatic carbocycles. The number of likely N-dealkylation sites (tertiary alicyclic amines) is 1. The number of carbonyl (C=O) groups excluding carboxylic acids is 2. The second-order valence-electron chi connectivity index (χ2n) is 7.82. The van der Waals surface area contributed by atoms with Crippen LogP contribution in [0, 0.1) is 6.92 Å². The number of hydrogen-bond donors (Lipinski definition) is 1. The lowest BCUT2D eigenvalue weighted by atomic mass is 10.1. The number of anilines is 2. The molecule has 0 aromatic heterocycles. The normalized spacial score (nSPS) is 13.8. The number of aryl methyl sites for hydroxylation is 1. The lowest BCUT2D eigenvalue weighted by Gasteiger charge is -2.24. The van der Waals surface area contributed by atoms with Crippen LogP contribution >= 0.6 is 0 Å². The van der Waals surface area contributed by atoms with Crippen LogP contribution < -0.4 is 9.62 Å². The van der Waals surface area contributed by atoms with Crippen molar-refractivity contribution in [3.05, 3.63) is 59.7 Å². The number of carbonyl (C=O) groups is 2. The lowest BCUT2D eigenvalue weighted by Crippen LogP contribution is -2.32. The summed E-state index contributed by atoms with van der Waals surface area (Å²) in [7, 11) is -3.47. The minimum atomic E-state index is -3.47. The molecule has 7 nitrogen and oxygen atoms in total. The number of nitrogens with zero attached hydrogens (tertiary/aromatic N) is 2. The van der Waals surface area contributed by atoms with E-state index in [9.17, 15) is 18.0 Å². The molecule has 0 spiro atoms. The molecule has 1 N–H and O–H groups in total. The SMILES string of the molecule is Cc1ccccc1N(CCCC(=O)Nc1ccccc1C(=O)N1CCCC1)S(C)(=O)=O. The number of sulfonamides is 1. The number of benzene rings is 2. The Morgan fingerprint density at radius 3 is 2.35 bits per heavy atom. The third-order valence-electron chi connectivity index (χ3n) is 5.37. The zero-order valence-corrected chi connectivity index (χ0v) is 18.8. The van der Waals surface area contributed by atoms with Crippen molar-refractivity contribution >= 4 is 33.2 Å². The molecule has 31 heavy (non-hydrogen) atoms. The first-order valence-electron chi connectivity index (χ1n) is 10.5. The molecule has 3 rings (SSSR count). The van der Waals surface area contributed by atoms with Gasteiger partial charge in [0.25, 0.3) is 5.91 Å². The fourth-order valence-electron chi connectivity index (χ4n) is 3.77. The van der Waals surface area contributed by atoms with Gasteiger partial charge in [0.05, 0.1) is 23.2 Å². The van der Waals surface area contributed by atoms with E-state index in [2.05, 4.69) is 5.32 Å². The van der Waals surface area contributed by atoms with Crippen molar-refractivity contribution in [3.63, 3.8) is 0 Å². The van der Waals surface area contributed by atoms with E-state index >= 15 is 0 Å². The maximum Gasteiger partial charge on any atom is 0.255 e. The van der Waals surface area contributed by atoms with Crippen molar-refractivity contribution < 1.29 is 18.0 Å². The summed E-state index contributed by atoms with van der Waals surface area (Å²) < 4.78 is 25.9. The molecule has 1 fully saturated rings. The highest BCUT2D eigenvalue weighted by atomic mass is 32.2. The van der Waals surface area contributed by atoms with Gasteiger partial charge in [-0.05, 0) is 49.9 Å². The van der Waals surface area contributed by atoms with Gasteiger partial charge in [-0.25, -0.2) is 8.42 Å². The molecule has 0 atom stereocenters. The van der Waals surface area contributed by atoms with Crippen molar-refractivity contribution in [3.8, 4) is 0 Å². The zero-order chi connectivity index (χ0) is 22.4. The molecular weight excluding hydrogens is 414 g/mol. The molecule has 0 aliphatic carbocycles. The quantitative estimate of drug-likeness (QED) is 0.677. The highest BCUT2D eigenvalue weighted by molar-refractivity contribution is 7.92. The lowest BCUT2D eigenvalue weighted by molar-refractivity contribution is -0.116. The highest BCUT2D eigenvalue weighted by Gasteiger charge is 2.23. The van der Waals surface area contributed by atoms with Gasteiger partial charge < -0.3 is 10.2 Å². The van der Waals surface area contributed by atoms with E-state index in [0.29, 0.717) is 23.4 Å². The number of hydrogen-bond acceptors (Lipinski definition) is 4. The van der Waals surface area contributed by atoms with E-state index in [1.165, 1.54) is 10.6 Å². The van der Waals surface area contributed by atoms with Gasteiger partial charge in [-0.3, -0.25) is 13.9 Å². The molecule has 0 bridgehead atoms. The molecule has 8 heteroatoms. The Morgan fingerprint density at radius 1 is 1.03 bits per heavy atom. The average molecular weight is 444 g/mol. The third kappa shape index (κ3) is 5.85. The predicted octanol–water partition coefficient (Wildman–Crippen LogP) is 3.42. The van der Waals surface area contributed by atoms with Crippen molar-refractivity contribution in [2.24, 2.45) is 0 Å². The number of nitrogens with one attached hydrogen (secondary N) is 1. The molecule has 2 aromatic rings. The Morgan fingerprint density at radius 2 is 1.68 bits per heavy atom. The Labute approximate surface area is 184 Å². The predicted molar refractivity (Wildman–Crippen MR) is 123 cm³/mol. The largest absolute Gasteiger partial charge is 0.339 e. The minimum Gasteiger partial charge on any atom is -0.339 e. The summed E-state index contributed by atoms with van der Waals surface area (Å²) in [6.07, 6.45) is 3.66. The van der Waals surface area contributed by atoms with E-state index < -0.39 is 10.0 Å². The van der Waals surface area contributed by atoms with Crippen LogP contribution in [0.1, 0.15) is 41.6 Å². The minimum absolute atomic E-state index is 0.0730. The van der Waals surface area contributed by atoms with Crippen molar-refractivity contribution in [2.45, 2.75) is 32.6 Å². The molecule has 0 radical (unpaired) electrons. The first-order chi connectivity index (χ1) is 14.8. The summed E-state index contributed by atoms with van der Waals surface area (Å²) in [6.45, 7) is 3.53. The molecule has 1 heterocycles. The maximum absolute atomic E-state index is 12.8. The van der Waals surface area contributed by atoms with Crippen LogP contribution in [0.3, 0.4) is 0 Å². The van der Waals surface area contributed by atoms with Crippen molar-refractivity contribution in [1.82, 2.24) is 4.90 Å². The summed E-state index contributed by atoms with van der Waals surface area (Å²) in [5.74, 6) is -0.323. The fraction of sp³-hybridized carbons (Fsp3) is 0.391. The highest BCUT2D eigenvalue weighted by Crippen LogP contribution is 2.23. The molecule has 1 aliphatic rings. The van der Waals surface area contributed by atoms with Gasteiger partial charge in [0.15, 0.2) is 0 Å². The first kappa shape index (κ1) is 22.8. The first-order valence-corrected chi connectivity index (χ1v) is 12.3. The Bertz CT molecular complexity index is 1050. The summed E-state index contributed by atoms with van der Waals surface area (Å²) in [4.78, 5) is 27.1. The van der Waals surface area contributed by atoms with Crippen LogP contribution in [0.4, 0.5) is 11.4 Å². The smallest absolute Gasteiger partial charge is 0.255 e. The number of amides is 2. The Balaban J connectivity index is 1.63. The summed E-state index contributed by atoms with van der Waals surface area (Å²) in [5.41, 5.74) is 2.44. The molecule has 2 amide bonds. The maximum atomic E-state index is 12.8. The van der Waals surface area contributed by atoms with Crippen LogP contribution in [-0.4, -0.2) is 51.0 Å². The van der Waals surface area contributed by atoms with Gasteiger partial charge in [-0.2, -0.15) is 0 Å². The molecular formula is C23H29N3O4S. The number of para-hydroxylation sites is 2. The van der Waals surface area contributed by atoms with E-state index in [1.54, 1.807) is 41.3 Å². The van der Waals surface area contributed by atoms with E-state index in [-0.39, 0.29) is 24.8 Å². The monoisotopic (exact) mass is 443 g/mol. The Kier molecular flexibility index (Phi) is 7.33. The van der Waals surface area contributed by atoms with E-state index in [0.717, 1.165) is 31.5 Å². The molecule has 1 saturated heterocycles. The fourth-order valence-corrected chi connectivity index (χ4v) is 4.80. The summed E-state index contributed by atoms with van der Waals surface area (Å²) in [6, 6.07) is 14.3. The third-order valence-corrected chi connectivity index (χ3v) is 6.55. The van der Waals surface area contributed by atoms with Gasteiger partial charge in [-0.15, -0.1) is 0 Å².